The van der Waals surface area contributed by atoms with E-state index in [4.69, 9.17) is 5.73 Å². The van der Waals surface area contributed by atoms with Crippen molar-refractivity contribution < 1.29 is 14.7 Å². The number of carboxylic acid groups (broad SMARTS) is 1. The molecule has 0 aromatic rings. The molecule has 0 saturated carbocycles. The van der Waals surface area contributed by atoms with E-state index in [2.05, 4.69) is 24.4 Å². The van der Waals surface area contributed by atoms with E-state index in [9.17, 15) is 14.7 Å². The minimum atomic E-state index is -0.958. The van der Waals surface area contributed by atoms with Gasteiger partial charge in [0, 0.05) is 6.42 Å². The molecule has 4 N–H and O–H groups in total. The molecule has 0 unspecified atom stereocenters. The van der Waals surface area contributed by atoms with Crippen molar-refractivity contribution in [3.63, 3.8) is 0 Å². The van der Waals surface area contributed by atoms with Gasteiger partial charge in [0.2, 0.25) is 5.91 Å². The highest BCUT2D eigenvalue weighted by Gasteiger charge is 2.18. The first-order chi connectivity index (χ1) is 14.1. The highest BCUT2D eigenvalue weighted by molar-refractivity contribution is 5.85. The molecule has 0 spiro atoms. The first kappa shape index (κ1) is 31.1. The number of carboxylic acids is 1. The van der Waals surface area contributed by atoms with Gasteiger partial charge in [0.1, 0.15) is 6.04 Å². The summed E-state index contributed by atoms with van der Waals surface area (Å²) in [5.74, 6) is -1.11. The average molecular weight is 447 g/mol. The van der Waals surface area contributed by atoms with Crippen molar-refractivity contribution in [1.82, 2.24) is 5.32 Å². The van der Waals surface area contributed by atoms with Crippen LogP contribution in [0.25, 0.3) is 0 Å². The summed E-state index contributed by atoms with van der Waals surface area (Å²) < 4.78 is 0. The van der Waals surface area contributed by atoms with Gasteiger partial charge in [0.05, 0.1) is 0 Å². The van der Waals surface area contributed by atoms with Crippen molar-refractivity contribution in [2.45, 2.75) is 122 Å². The number of hydrogen-bond donors (Lipinski definition) is 3. The van der Waals surface area contributed by atoms with Crippen molar-refractivity contribution in [1.29, 1.82) is 0 Å². The molecule has 178 valence electrons. The lowest BCUT2D eigenvalue weighted by atomic mass is 10.1. The van der Waals surface area contributed by atoms with Gasteiger partial charge in [-0.25, -0.2) is 4.79 Å². The summed E-state index contributed by atoms with van der Waals surface area (Å²) in [5.41, 5.74) is 5.42. The van der Waals surface area contributed by atoms with Crippen molar-refractivity contribution in [3.8, 4) is 0 Å². The third-order valence-corrected chi connectivity index (χ3v) is 5.25. The number of amides is 1. The number of unbranched alkanes of at least 4 members (excludes halogenated alkanes) is 12. The van der Waals surface area contributed by atoms with Crippen LogP contribution in [0.15, 0.2) is 12.2 Å². The number of nitrogens with two attached hydrogens (primary N) is 1. The number of rotatable bonds is 21. The summed E-state index contributed by atoms with van der Waals surface area (Å²) in [6, 6.07) is -0.780. The van der Waals surface area contributed by atoms with Crippen LogP contribution in [0.2, 0.25) is 0 Å². The quantitative estimate of drug-likeness (QED) is 0.146. The van der Waals surface area contributed by atoms with Gasteiger partial charge in [-0.05, 0) is 57.9 Å². The second kappa shape index (κ2) is 24.2. The third kappa shape index (κ3) is 21.6. The van der Waals surface area contributed by atoms with Crippen LogP contribution in [0.1, 0.15) is 116 Å². The van der Waals surface area contributed by atoms with Gasteiger partial charge in [0.15, 0.2) is 0 Å². The van der Waals surface area contributed by atoms with E-state index >= 15 is 0 Å². The Kier molecular flexibility index (Phi) is 25.1. The molecule has 0 heterocycles. The second-order valence-corrected chi connectivity index (χ2v) is 8.08. The first-order valence-corrected chi connectivity index (χ1v) is 12.0. The number of aliphatic carboxylic acids is 1. The van der Waals surface area contributed by atoms with Crippen LogP contribution in [-0.2, 0) is 9.59 Å². The Labute approximate surface area is 191 Å². The van der Waals surface area contributed by atoms with Crippen LogP contribution >= 0.6 is 12.4 Å². The molecule has 0 aliphatic heterocycles. The molecular weight excluding hydrogens is 400 g/mol. The van der Waals surface area contributed by atoms with E-state index in [1.165, 1.54) is 57.8 Å². The lowest BCUT2D eigenvalue weighted by molar-refractivity contribution is -0.142. The zero-order valence-electron chi connectivity index (χ0n) is 19.2. The second-order valence-electron chi connectivity index (χ2n) is 8.08. The molecule has 1 atom stereocenters. The van der Waals surface area contributed by atoms with E-state index in [0.29, 0.717) is 19.4 Å². The SMILES string of the molecule is CCCCCCCC/C=C\CCCCCCCC(=O)N[C@@H](CCCCN)C(=O)O.Cl. The highest BCUT2D eigenvalue weighted by atomic mass is 35.5. The molecule has 1 amide bonds. The predicted molar refractivity (Wildman–Crippen MR) is 129 cm³/mol. The van der Waals surface area contributed by atoms with Crippen LogP contribution < -0.4 is 11.1 Å². The molecule has 0 radical (unpaired) electrons. The molecule has 30 heavy (non-hydrogen) atoms. The van der Waals surface area contributed by atoms with Crippen molar-refractivity contribution >= 4 is 24.3 Å². The van der Waals surface area contributed by atoms with Crippen LogP contribution in [0.5, 0.6) is 0 Å². The Hall–Kier alpha value is -1.07. The monoisotopic (exact) mass is 446 g/mol. The lowest BCUT2D eigenvalue weighted by Gasteiger charge is -2.14. The predicted octanol–water partition coefficient (Wildman–Crippen LogP) is 6.14. The molecule has 0 aromatic heterocycles. The number of nitrogens with one attached hydrogen (secondary N) is 1. The molecule has 0 bridgehead atoms. The van der Waals surface area contributed by atoms with Crippen LogP contribution in [0, 0.1) is 0 Å². The third-order valence-electron chi connectivity index (χ3n) is 5.25. The Morgan fingerprint density at radius 1 is 0.833 bits per heavy atom. The molecule has 5 nitrogen and oxygen atoms in total. The molecule has 0 fully saturated rings. The largest absolute Gasteiger partial charge is 0.480 e. The van der Waals surface area contributed by atoms with Gasteiger partial charge in [-0.2, -0.15) is 0 Å². The van der Waals surface area contributed by atoms with E-state index in [0.717, 1.165) is 38.5 Å². The smallest absolute Gasteiger partial charge is 0.326 e. The van der Waals surface area contributed by atoms with E-state index in [-0.39, 0.29) is 18.3 Å². The number of halogens is 1. The topological polar surface area (TPSA) is 92.4 Å². The number of allylic oxidation sites excluding steroid dienone is 2. The number of carbonyl (C=O) groups excluding carboxylic acids is 1. The fourth-order valence-corrected chi connectivity index (χ4v) is 3.37. The Morgan fingerprint density at radius 2 is 1.37 bits per heavy atom. The van der Waals surface area contributed by atoms with E-state index < -0.39 is 12.0 Å². The van der Waals surface area contributed by atoms with Gasteiger partial charge in [-0.15, -0.1) is 12.4 Å². The standard InChI is InChI=1S/C24H46N2O3.ClH/c1-2-3-4-5-6-7-8-9-10-11-12-13-14-15-16-20-23(27)26-22(24(28)29)19-17-18-21-25;/h9-10,22H,2-8,11-21,25H2,1H3,(H,26,27)(H,28,29);1H/b10-9-;/t22-;/m0./s1. The first-order valence-electron chi connectivity index (χ1n) is 12.0. The molecule has 0 saturated heterocycles. The van der Waals surface area contributed by atoms with Crippen molar-refractivity contribution in [3.05, 3.63) is 12.2 Å². The Bertz CT molecular complexity index is 431. The lowest BCUT2D eigenvalue weighted by Crippen LogP contribution is -2.40. The van der Waals surface area contributed by atoms with Crippen molar-refractivity contribution in [2.24, 2.45) is 5.73 Å². The van der Waals surface area contributed by atoms with Gasteiger partial charge < -0.3 is 16.2 Å². The molecule has 0 aliphatic rings. The normalized spacial score (nSPS) is 11.9. The summed E-state index contributed by atoms with van der Waals surface area (Å²) in [7, 11) is 0. The van der Waals surface area contributed by atoms with Crippen LogP contribution in [0.4, 0.5) is 0 Å². The molecule has 0 aromatic carbocycles. The zero-order chi connectivity index (χ0) is 21.6. The Balaban J connectivity index is 0. The van der Waals surface area contributed by atoms with Gasteiger partial charge in [-0.3, -0.25) is 4.79 Å². The Morgan fingerprint density at radius 3 is 1.90 bits per heavy atom. The van der Waals surface area contributed by atoms with Crippen molar-refractivity contribution in [2.75, 3.05) is 6.54 Å². The van der Waals surface area contributed by atoms with E-state index in [1.807, 2.05) is 0 Å². The summed E-state index contributed by atoms with van der Waals surface area (Å²) in [5, 5.41) is 11.8. The van der Waals surface area contributed by atoms with Gasteiger partial charge in [0.25, 0.3) is 0 Å². The molecular formula is C24H47ClN2O3. The summed E-state index contributed by atoms with van der Waals surface area (Å²) >= 11 is 0. The minimum absolute atomic E-state index is 0. The fraction of sp³-hybridized carbons (Fsp3) is 0.833. The van der Waals surface area contributed by atoms with Gasteiger partial charge in [-0.1, -0.05) is 70.4 Å². The summed E-state index contributed by atoms with van der Waals surface area (Å²) in [4.78, 5) is 23.1. The maximum Gasteiger partial charge on any atom is 0.326 e. The molecule has 6 heteroatoms. The minimum Gasteiger partial charge on any atom is -0.480 e. The fourth-order valence-electron chi connectivity index (χ4n) is 3.37. The van der Waals surface area contributed by atoms with Gasteiger partial charge >= 0.3 is 5.97 Å². The molecule has 0 aliphatic carbocycles. The maximum absolute atomic E-state index is 11.9. The summed E-state index contributed by atoms with van der Waals surface area (Å²) in [6.07, 6.45) is 22.9. The average Bonchev–Trinajstić information content (AvgIpc) is 2.70. The summed E-state index contributed by atoms with van der Waals surface area (Å²) in [6.45, 7) is 2.80. The highest BCUT2D eigenvalue weighted by Crippen LogP contribution is 2.10. The van der Waals surface area contributed by atoms with Crippen LogP contribution in [-0.4, -0.2) is 29.6 Å². The number of hydrogen-bond acceptors (Lipinski definition) is 3. The maximum atomic E-state index is 11.9. The van der Waals surface area contributed by atoms with Crippen LogP contribution in [0.3, 0.4) is 0 Å². The van der Waals surface area contributed by atoms with E-state index in [1.54, 1.807) is 0 Å². The molecule has 0 rings (SSSR count). The zero-order valence-corrected chi connectivity index (χ0v) is 20.0. The number of carbonyl (C=O) groups is 2.